The van der Waals surface area contributed by atoms with Crippen LogP contribution in [0.25, 0.3) is 6.08 Å². The van der Waals surface area contributed by atoms with Crippen LogP contribution in [0.4, 0.5) is 5.69 Å². The molecule has 1 N–H and O–H groups in total. The Kier molecular flexibility index (Phi) is 7.18. The lowest BCUT2D eigenvalue weighted by atomic mass is 10.1. The molecule has 0 radical (unpaired) electrons. The van der Waals surface area contributed by atoms with Gasteiger partial charge in [-0.2, -0.15) is 0 Å². The molecule has 3 aromatic rings. The van der Waals surface area contributed by atoms with Gasteiger partial charge in [0, 0.05) is 22.9 Å². The Hall–Kier alpha value is -3.20. The van der Waals surface area contributed by atoms with Crippen molar-refractivity contribution < 1.29 is 23.5 Å². The van der Waals surface area contributed by atoms with E-state index < -0.39 is 18.0 Å². The van der Waals surface area contributed by atoms with E-state index in [0.717, 1.165) is 0 Å². The number of Topliss-reactive ketones (excluding diaryl/α,β-unsaturated/α-hetero) is 1. The first-order valence-electron chi connectivity index (χ1n) is 9.03. The monoisotopic (exact) mass is 515 g/mol. The van der Waals surface area contributed by atoms with Crippen molar-refractivity contribution in [2.45, 2.75) is 13.0 Å². The minimum atomic E-state index is -1.17. The molecule has 7 heteroatoms. The number of anilines is 1. The van der Waals surface area contributed by atoms with E-state index in [9.17, 15) is 14.4 Å². The molecule has 0 aliphatic rings. The molecule has 6 nitrogen and oxygen atoms in total. The van der Waals surface area contributed by atoms with Gasteiger partial charge in [-0.25, -0.2) is 4.79 Å². The largest absolute Gasteiger partial charge is 0.451 e. The van der Waals surface area contributed by atoms with E-state index in [1.165, 1.54) is 19.1 Å². The molecule has 0 unspecified atom stereocenters. The highest BCUT2D eigenvalue weighted by Gasteiger charge is 2.24. The molecule has 3 rings (SSSR count). The van der Waals surface area contributed by atoms with Crippen LogP contribution in [-0.4, -0.2) is 17.7 Å². The molecule has 0 fully saturated rings. The van der Waals surface area contributed by atoms with Gasteiger partial charge < -0.3 is 14.5 Å². The molecule has 1 heterocycles. The number of carbonyl (C=O) groups is 3. The number of esters is 1. The van der Waals surface area contributed by atoms with E-state index >= 15 is 0 Å². The van der Waals surface area contributed by atoms with Gasteiger partial charge in [0.1, 0.15) is 5.76 Å². The predicted molar refractivity (Wildman–Crippen MR) is 121 cm³/mol. The second kappa shape index (κ2) is 10.0. The zero-order valence-electron chi connectivity index (χ0n) is 16.0. The Morgan fingerprint density at radius 2 is 1.80 bits per heavy atom. The van der Waals surface area contributed by atoms with Crippen LogP contribution in [0.1, 0.15) is 34.7 Å². The third-order valence-corrected chi connectivity index (χ3v) is 4.67. The molecule has 152 valence electrons. The van der Waals surface area contributed by atoms with Gasteiger partial charge in [-0.1, -0.05) is 42.5 Å². The van der Waals surface area contributed by atoms with E-state index in [-0.39, 0.29) is 5.78 Å². The van der Waals surface area contributed by atoms with Crippen molar-refractivity contribution >= 4 is 52.0 Å². The summed E-state index contributed by atoms with van der Waals surface area (Å²) in [7, 11) is 0. The van der Waals surface area contributed by atoms with Gasteiger partial charge in [-0.15, -0.1) is 0 Å². The van der Waals surface area contributed by atoms with E-state index in [2.05, 4.69) is 5.32 Å². The summed E-state index contributed by atoms with van der Waals surface area (Å²) in [6.45, 7) is 1.45. The number of nitrogens with one attached hydrogen (secondary N) is 1. The molecule has 1 aromatic heterocycles. The molecule has 1 atom stereocenters. The molecule has 0 saturated carbocycles. The third-order valence-electron chi connectivity index (χ3n) is 4.09. The smallest absolute Gasteiger partial charge is 0.332 e. The van der Waals surface area contributed by atoms with Gasteiger partial charge in [0.2, 0.25) is 6.10 Å². The highest BCUT2D eigenvalue weighted by atomic mass is 127. The van der Waals surface area contributed by atoms with Gasteiger partial charge in [-0.05, 0) is 59.9 Å². The number of rotatable bonds is 7. The number of ether oxygens (including phenoxy) is 1. The van der Waals surface area contributed by atoms with Crippen molar-refractivity contribution in [1.29, 1.82) is 0 Å². The summed E-state index contributed by atoms with van der Waals surface area (Å²) in [6, 6.07) is 18.7. The second-order valence-electron chi connectivity index (χ2n) is 6.33. The van der Waals surface area contributed by atoms with Crippen molar-refractivity contribution in [3.05, 3.63) is 93.5 Å². The number of ketones is 1. The van der Waals surface area contributed by atoms with E-state index in [1.54, 1.807) is 66.7 Å². The Morgan fingerprint density at radius 3 is 2.47 bits per heavy atom. The standard InChI is InChI=1S/C23H18INO5/c1-15(26)17-8-5-9-18(14-17)25-23(28)22(16-6-3-2-4-7-16)30-21(27)13-11-19-10-12-20(24)29-19/h2-14,22H,1H3,(H,25,28)/b13-11+/t22-/m0/s1. The molecule has 30 heavy (non-hydrogen) atoms. The lowest BCUT2D eigenvalue weighted by Crippen LogP contribution is -2.25. The number of benzene rings is 2. The van der Waals surface area contributed by atoms with Crippen LogP contribution in [0.15, 0.2) is 77.2 Å². The predicted octanol–water partition coefficient (Wildman–Crippen LogP) is 5.02. The number of hydrogen-bond acceptors (Lipinski definition) is 5. The topological polar surface area (TPSA) is 85.6 Å². The molecule has 0 saturated heterocycles. The van der Waals surface area contributed by atoms with Crippen LogP contribution in [0, 0.1) is 3.77 Å². The number of amides is 1. The summed E-state index contributed by atoms with van der Waals surface area (Å²) in [5.41, 5.74) is 1.43. The van der Waals surface area contributed by atoms with Crippen LogP contribution in [0.2, 0.25) is 0 Å². The summed E-state index contributed by atoms with van der Waals surface area (Å²) in [6.07, 6.45) is 1.51. The lowest BCUT2D eigenvalue weighted by molar-refractivity contribution is -0.149. The van der Waals surface area contributed by atoms with Crippen LogP contribution in [-0.2, 0) is 14.3 Å². The summed E-state index contributed by atoms with van der Waals surface area (Å²) < 4.78 is 11.5. The molecule has 0 aliphatic carbocycles. The van der Waals surface area contributed by atoms with Crippen LogP contribution in [0.3, 0.4) is 0 Å². The number of carbonyl (C=O) groups excluding carboxylic acids is 3. The zero-order chi connectivity index (χ0) is 21.5. The molecule has 0 bridgehead atoms. The first-order valence-corrected chi connectivity index (χ1v) is 10.1. The molecular weight excluding hydrogens is 497 g/mol. The minimum Gasteiger partial charge on any atom is -0.451 e. The molecular formula is C23H18INO5. The normalized spacial score (nSPS) is 11.8. The van der Waals surface area contributed by atoms with Crippen LogP contribution < -0.4 is 5.32 Å². The molecule has 2 aromatic carbocycles. The summed E-state index contributed by atoms with van der Waals surface area (Å²) in [4.78, 5) is 36.8. The van der Waals surface area contributed by atoms with E-state index in [0.29, 0.717) is 26.3 Å². The molecule has 0 spiro atoms. The SMILES string of the molecule is CC(=O)c1cccc(NC(=O)[C@@H](OC(=O)/C=C/c2ccc(I)o2)c2ccccc2)c1. The van der Waals surface area contributed by atoms with E-state index in [4.69, 9.17) is 9.15 Å². The molecule has 0 aliphatic heterocycles. The number of furan rings is 1. The Labute approximate surface area is 187 Å². The highest BCUT2D eigenvalue weighted by molar-refractivity contribution is 14.1. The number of hydrogen-bond donors (Lipinski definition) is 1. The number of halogens is 1. The van der Waals surface area contributed by atoms with Gasteiger partial charge in [-0.3, -0.25) is 9.59 Å². The quantitative estimate of drug-likeness (QED) is 0.207. The lowest BCUT2D eigenvalue weighted by Gasteiger charge is -2.17. The zero-order valence-corrected chi connectivity index (χ0v) is 18.2. The Balaban J connectivity index is 1.77. The average Bonchev–Trinajstić information content (AvgIpc) is 3.16. The first-order chi connectivity index (χ1) is 14.4. The molecule has 1 amide bonds. The fourth-order valence-corrected chi connectivity index (χ4v) is 3.08. The summed E-state index contributed by atoms with van der Waals surface area (Å²) in [5.74, 6) is -0.841. The summed E-state index contributed by atoms with van der Waals surface area (Å²) >= 11 is 2.02. The first kappa shape index (κ1) is 21.5. The highest BCUT2D eigenvalue weighted by Crippen LogP contribution is 2.21. The maximum atomic E-state index is 12.9. The fraction of sp³-hybridized carbons (Fsp3) is 0.0870. The van der Waals surface area contributed by atoms with Crippen molar-refractivity contribution in [2.24, 2.45) is 0 Å². The van der Waals surface area contributed by atoms with Crippen molar-refractivity contribution in [3.8, 4) is 0 Å². The fourth-order valence-electron chi connectivity index (χ4n) is 2.65. The summed E-state index contributed by atoms with van der Waals surface area (Å²) in [5, 5.41) is 2.71. The van der Waals surface area contributed by atoms with Crippen LogP contribution >= 0.6 is 22.6 Å². The Bertz CT molecular complexity index is 1090. The van der Waals surface area contributed by atoms with E-state index in [1.807, 2.05) is 22.6 Å². The maximum absolute atomic E-state index is 12.9. The van der Waals surface area contributed by atoms with Crippen molar-refractivity contribution in [2.75, 3.05) is 5.32 Å². The maximum Gasteiger partial charge on any atom is 0.332 e. The Morgan fingerprint density at radius 1 is 1.03 bits per heavy atom. The second-order valence-corrected chi connectivity index (χ2v) is 7.39. The van der Waals surface area contributed by atoms with Crippen LogP contribution in [0.5, 0.6) is 0 Å². The van der Waals surface area contributed by atoms with Gasteiger partial charge >= 0.3 is 5.97 Å². The van der Waals surface area contributed by atoms with Gasteiger partial charge in [0.25, 0.3) is 5.91 Å². The third kappa shape index (κ3) is 5.90. The van der Waals surface area contributed by atoms with Crippen molar-refractivity contribution in [3.63, 3.8) is 0 Å². The van der Waals surface area contributed by atoms with Gasteiger partial charge in [0.15, 0.2) is 9.55 Å². The minimum absolute atomic E-state index is 0.116. The van der Waals surface area contributed by atoms with Crippen molar-refractivity contribution in [1.82, 2.24) is 0 Å². The van der Waals surface area contributed by atoms with Gasteiger partial charge in [0.05, 0.1) is 0 Å². The average molecular weight is 515 g/mol.